The molecule has 0 saturated carbocycles. The third kappa shape index (κ3) is 3.99. The first-order valence-corrected chi connectivity index (χ1v) is 8.78. The lowest BCUT2D eigenvalue weighted by Crippen LogP contribution is -2.16. The fourth-order valence-corrected chi connectivity index (χ4v) is 1.85. The molecule has 2 nitrogen and oxygen atoms in total. The second-order valence-electron chi connectivity index (χ2n) is 4.72. The fraction of sp³-hybridized carbons (Fsp3) is 0.385. The van der Waals surface area contributed by atoms with Gasteiger partial charge in [0, 0.05) is 12.0 Å². The largest absolute Gasteiger partial charge is 0.508 e. The van der Waals surface area contributed by atoms with Gasteiger partial charge in [-0.3, -0.25) is 0 Å². The highest BCUT2D eigenvalue weighted by molar-refractivity contribution is 6.83. The molecule has 0 bridgehead atoms. The number of benzene rings is 1. The molecule has 0 amide bonds. The molecular weight excluding hydrogens is 216 g/mol. The summed E-state index contributed by atoms with van der Waals surface area (Å²) in [6, 6.07) is 5.21. The number of phenolic OH excluding ortho intramolecular Hbond substituents is 1. The van der Waals surface area contributed by atoms with Gasteiger partial charge in [0.2, 0.25) is 0 Å². The summed E-state index contributed by atoms with van der Waals surface area (Å²) in [5.74, 6) is 4.17. The van der Waals surface area contributed by atoms with Gasteiger partial charge in [0.1, 0.15) is 19.6 Å². The molecular formula is C13H18O2Si. The minimum absolute atomic E-state index is 0.283. The zero-order valence-electron chi connectivity index (χ0n) is 10.3. The molecule has 0 fully saturated rings. The zero-order chi connectivity index (χ0) is 12.2. The molecule has 1 rings (SSSR count). The van der Waals surface area contributed by atoms with Crippen molar-refractivity contribution >= 4 is 8.07 Å². The molecule has 3 heteroatoms. The van der Waals surface area contributed by atoms with Gasteiger partial charge < -0.3 is 9.84 Å². The second-order valence-corrected chi connectivity index (χ2v) is 9.47. The van der Waals surface area contributed by atoms with Crippen molar-refractivity contribution < 1.29 is 9.84 Å². The van der Waals surface area contributed by atoms with Crippen LogP contribution in [0, 0.1) is 11.5 Å². The number of aromatic hydroxyl groups is 1. The van der Waals surface area contributed by atoms with E-state index in [1.807, 2.05) is 6.07 Å². The summed E-state index contributed by atoms with van der Waals surface area (Å²) in [6.45, 7) is 6.60. The molecule has 0 spiro atoms. The molecule has 0 unspecified atom stereocenters. The van der Waals surface area contributed by atoms with E-state index in [0.29, 0.717) is 6.42 Å². The number of methoxy groups -OCH3 is 1. The quantitative estimate of drug-likeness (QED) is 0.630. The fourth-order valence-electron chi connectivity index (χ4n) is 1.24. The van der Waals surface area contributed by atoms with E-state index in [4.69, 9.17) is 4.74 Å². The van der Waals surface area contributed by atoms with Crippen LogP contribution in [0.15, 0.2) is 18.2 Å². The topological polar surface area (TPSA) is 29.5 Å². The Balaban J connectivity index is 2.83. The number of ether oxygens (including phenoxy) is 1. The van der Waals surface area contributed by atoms with Crippen LogP contribution in [-0.4, -0.2) is 20.3 Å². The van der Waals surface area contributed by atoms with Gasteiger partial charge in [0.15, 0.2) is 0 Å². The Morgan fingerprint density at radius 3 is 2.56 bits per heavy atom. The van der Waals surface area contributed by atoms with Gasteiger partial charge in [-0.2, -0.15) is 0 Å². The van der Waals surface area contributed by atoms with E-state index in [0.717, 1.165) is 11.3 Å². The highest BCUT2D eigenvalue weighted by Crippen LogP contribution is 2.22. The van der Waals surface area contributed by atoms with Crippen molar-refractivity contribution in [2.24, 2.45) is 0 Å². The zero-order valence-corrected chi connectivity index (χ0v) is 11.3. The molecule has 1 aromatic carbocycles. The summed E-state index contributed by atoms with van der Waals surface area (Å²) >= 11 is 0. The molecule has 0 aromatic heterocycles. The average molecular weight is 234 g/mol. The normalized spacial score (nSPS) is 10.5. The number of rotatable bonds is 2. The highest BCUT2D eigenvalue weighted by Gasteiger charge is 2.07. The maximum atomic E-state index is 9.65. The first-order chi connectivity index (χ1) is 7.42. The molecule has 0 aliphatic carbocycles. The maximum Gasteiger partial charge on any atom is 0.129 e. The van der Waals surface area contributed by atoms with Gasteiger partial charge >= 0.3 is 0 Å². The van der Waals surface area contributed by atoms with Crippen molar-refractivity contribution in [2.45, 2.75) is 26.1 Å². The molecule has 0 saturated heterocycles. The van der Waals surface area contributed by atoms with E-state index in [2.05, 4.69) is 31.1 Å². The predicted octanol–water partition coefficient (Wildman–Crippen LogP) is 2.82. The van der Waals surface area contributed by atoms with E-state index in [1.54, 1.807) is 19.2 Å². The Hall–Kier alpha value is -1.40. The Kier molecular flexibility index (Phi) is 4.03. The van der Waals surface area contributed by atoms with Gasteiger partial charge in [0.05, 0.1) is 7.11 Å². The molecule has 1 N–H and O–H groups in total. The van der Waals surface area contributed by atoms with Crippen LogP contribution in [0.2, 0.25) is 19.6 Å². The average Bonchev–Trinajstić information content (AvgIpc) is 2.19. The van der Waals surface area contributed by atoms with Gasteiger partial charge in [-0.1, -0.05) is 19.6 Å². The van der Waals surface area contributed by atoms with Crippen LogP contribution in [0.5, 0.6) is 11.5 Å². The number of phenols is 1. The molecule has 0 radical (unpaired) electrons. The molecule has 0 heterocycles. The maximum absolute atomic E-state index is 9.65. The minimum Gasteiger partial charge on any atom is -0.508 e. The summed E-state index contributed by atoms with van der Waals surface area (Å²) in [7, 11) is 0.291. The Bertz CT molecular complexity index is 422. The molecule has 16 heavy (non-hydrogen) atoms. The Morgan fingerprint density at radius 2 is 2.00 bits per heavy atom. The lowest BCUT2D eigenvalue weighted by Gasteiger charge is -2.05. The number of hydrogen-bond donors (Lipinski definition) is 1. The minimum atomic E-state index is -1.32. The van der Waals surface area contributed by atoms with Crippen LogP contribution >= 0.6 is 0 Å². The van der Waals surface area contributed by atoms with Crippen LogP contribution in [0.3, 0.4) is 0 Å². The Labute approximate surface area is 98.3 Å². The summed E-state index contributed by atoms with van der Waals surface area (Å²) in [5, 5.41) is 9.65. The number of hydrogen-bond acceptors (Lipinski definition) is 2. The molecule has 1 aromatic rings. The van der Waals surface area contributed by atoms with Crippen LogP contribution in [0.25, 0.3) is 0 Å². The van der Waals surface area contributed by atoms with E-state index >= 15 is 0 Å². The second kappa shape index (κ2) is 5.09. The monoisotopic (exact) mass is 234 g/mol. The predicted molar refractivity (Wildman–Crippen MR) is 69.5 cm³/mol. The third-order valence-electron chi connectivity index (χ3n) is 2.03. The van der Waals surface area contributed by atoms with E-state index < -0.39 is 8.07 Å². The van der Waals surface area contributed by atoms with Gasteiger partial charge in [0.25, 0.3) is 0 Å². The third-order valence-corrected chi connectivity index (χ3v) is 2.96. The van der Waals surface area contributed by atoms with Gasteiger partial charge in [-0.05, 0) is 18.2 Å². The summed E-state index contributed by atoms with van der Waals surface area (Å²) < 4.78 is 5.11. The van der Waals surface area contributed by atoms with Crippen molar-refractivity contribution in [3.05, 3.63) is 23.8 Å². The van der Waals surface area contributed by atoms with Crippen molar-refractivity contribution in [1.29, 1.82) is 0 Å². The summed E-state index contributed by atoms with van der Waals surface area (Å²) in [5.41, 5.74) is 4.10. The van der Waals surface area contributed by atoms with Crippen molar-refractivity contribution in [2.75, 3.05) is 7.11 Å². The van der Waals surface area contributed by atoms with E-state index in [1.165, 1.54) is 0 Å². The lowest BCUT2D eigenvalue weighted by atomic mass is 10.1. The highest BCUT2D eigenvalue weighted by atomic mass is 28.3. The molecule has 86 valence electrons. The van der Waals surface area contributed by atoms with Gasteiger partial charge in [-0.25, -0.2) is 0 Å². The molecule has 0 atom stereocenters. The van der Waals surface area contributed by atoms with Crippen LogP contribution in [-0.2, 0) is 6.42 Å². The van der Waals surface area contributed by atoms with Crippen LogP contribution in [0.1, 0.15) is 5.56 Å². The standard InChI is InChI=1S/C13H18O2Si/c1-15-12-7-8-13(14)11(10-12)6-5-9-16(2,3)4/h7-8,10,14H,6H2,1-4H3. The van der Waals surface area contributed by atoms with Crippen LogP contribution < -0.4 is 4.74 Å². The van der Waals surface area contributed by atoms with E-state index in [9.17, 15) is 5.11 Å². The van der Waals surface area contributed by atoms with Gasteiger partial charge in [-0.15, -0.1) is 11.5 Å². The molecule has 0 aliphatic heterocycles. The first kappa shape index (κ1) is 12.7. The van der Waals surface area contributed by atoms with Crippen molar-refractivity contribution in [3.8, 4) is 23.0 Å². The summed E-state index contributed by atoms with van der Waals surface area (Å²) in [6.07, 6.45) is 0.577. The smallest absolute Gasteiger partial charge is 0.129 e. The molecule has 0 aliphatic rings. The van der Waals surface area contributed by atoms with Crippen LogP contribution in [0.4, 0.5) is 0 Å². The van der Waals surface area contributed by atoms with Crippen molar-refractivity contribution in [1.82, 2.24) is 0 Å². The van der Waals surface area contributed by atoms with E-state index in [-0.39, 0.29) is 5.75 Å². The SMILES string of the molecule is COc1ccc(O)c(CC#C[Si](C)(C)C)c1. The Morgan fingerprint density at radius 1 is 1.31 bits per heavy atom. The van der Waals surface area contributed by atoms with Crippen molar-refractivity contribution in [3.63, 3.8) is 0 Å². The first-order valence-electron chi connectivity index (χ1n) is 5.28. The lowest BCUT2D eigenvalue weighted by molar-refractivity contribution is 0.411. The summed E-state index contributed by atoms with van der Waals surface area (Å²) in [4.78, 5) is 0.